The van der Waals surface area contributed by atoms with Crippen LogP contribution >= 0.6 is 0 Å². The van der Waals surface area contributed by atoms with E-state index in [1.165, 1.54) is 16.5 Å². The van der Waals surface area contributed by atoms with Crippen LogP contribution in [-0.2, 0) is 0 Å². The van der Waals surface area contributed by atoms with Gasteiger partial charge < -0.3 is 4.52 Å². The van der Waals surface area contributed by atoms with E-state index in [0.29, 0.717) is 11.8 Å². The second kappa shape index (κ2) is 5.51. The topological polar surface area (TPSA) is 56.2 Å². The largest absolute Gasteiger partial charge is 0.332 e. The summed E-state index contributed by atoms with van der Waals surface area (Å²) in [5.41, 5.74) is 5.15. The van der Waals surface area contributed by atoms with Crippen molar-refractivity contribution >= 4 is 16.4 Å². The van der Waals surface area contributed by atoms with Gasteiger partial charge in [-0.15, -0.1) is 0 Å². The van der Waals surface area contributed by atoms with E-state index in [1.54, 1.807) is 0 Å². The zero-order chi connectivity index (χ0) is 17.8. The standard InChI is InChI=1S/C22H16N4O/c1-2-6-14(7-3-1)17-12-19-20(22-24-21(25-27-22)15-10-11-15)23-13-26(19)18-9-5-4-8-16(17)18/h1-9,12-13,15H,10-11H2. The molecule has 0 bridgehead atoms. The van der Waals surface area contributed by atoms with E-state index in [0.717, 1.165) is 35.4 Å². The van der Waals surface area contributed by atoms with Crippen LogP contribution in [0.15, 0.2) is 71.5 Å². The first kappa shape index (κ1) is 14.7. The summed E-state index contributed by atoms with van der Waals surface area (Å²) in [6, 6.07) is 21.0. The van der Waals surface area contributed by atoms with Gasteiger partial charge >= 0.3 is 0 Å². The first-order valence-corrected chi connectivity index (χ1v) is 9.17. The maximum Gasteiger partial charge on any atom is 0.278 e. The van der Waals surface area contributed by atoms with Crippen molar-refractivity contribution in [3.8, 4) is 22.7 Å². The summed E-state index contributed by atoms with van der Waals surface area (Å²) in [5, 5.41) is 5.33. The van der Waals surface area contributed by atoms with Crippen molar-refractivity contribution in [3.63, 3.8) is 0 Å². The molecule has 0 unspecified atom stereocenters. The lowest BCUT2D eigenvalue weighted by Crippen LogP contribution is -1.91. The van der Waals surface area contributed by atoms with Crippen LogP contribution in [0.25, 0.3) is 39.1 Å². The average molecular weight is 352 g/mol. The lowest BCUT2D eigenvalue weighted by atomic mass is 10.0. The van der Waals surface area contributed by atoms with E-state index >= 15 is 0 Å². The summed E-state index contributed by atoms with van der Waals surface area (Å²) in [5.74, 6) is 1.75. The predicted molar refractivity (Wildman–Crippen MR) is 103 cm³/mol. The third-order valence-electron chi connectivity index (χ3n) is 5.21. The molecule has 1 saturated carbocycles. The Bertz CT molecular complexity index is 1280. The fourth-order valence-electron chi connectivity index (χ4n) is 3.67. The van der Waals surface area contributed by atoms with Gasteiger partial charge in [0.25, 0.3) is 5.89 Å². The smallest absolute Gasteiger partial charge is 0.278 e. The Labute approximate surface area is 155 Å². The number of rotatable bonds is 3. The molecule has 6 rings (SSSR count). The van der Waals surface area contributed by atoms with Gasteiger partial charge in [-0.1, -0.05) is 53.7 Å². The highest BCUT2D eigenvalue weighted by Gasteiger charge is 2.29. The highest BCUT2D eigenvalue weighted by Crippen LogP contribution is 2.39. The molecule has 1 aliphatic carbocycles. The Morgan fingerprint density at radius 2 is 1.74 bits per heavy atom. The van der Waals surface area contributed by atoms with E-state index in [9.17, 15) is 0 Å². The van der Waals surface area contributed by atoms with Crippen LogP contribution < -0.4 is 0 Å². The average Bonchev–Trinajstić information content (AvgIpc) is 3.30. The lowest BCUT2D eigenvalue weighted by Gasteiger charge is -2.10. The molecule has 0 saturated heterocycles. The van der Waals surface area contributed by atoms with Crippen molar-refractivity contribution in [3.05, 3.63) is 72.8 Å². The molecule has 2 aromatic carbocycles. The third kappa shape index (κ3) is 2.28. The number of hydrogen-bond donors (Lipinski definition) is 0. The first-order chi connectivity index (χ1) is 13.4. The third-order valence-corrected chi connectivity index (χ3v) is 5.21. The number of nitrogens with zero attached hydrogens (tertiary/aromatic N) is 4. The molecular formula is C22H16N4O. The number of benzene rings is 2. The highest BCUT2D eigenvalue weighted by molar-refractivity contribution is 5.99. The monoisotopic (exact) mass is 352 g/mol. The van der Waals surface area contributed by atoms with Crippen molar-refractivity contribution in [2.24, 2.45) is 0 Å². The second-order valence-electron chi connectivity index (χ2n) is 7.02. The van der Waals surface area contributed by atoms with E-state index in [-0.39, 0.29) is 0 Å². The fraction of sp³-hybridized carbons (Fsp3) is 0.136. The second-order valence-corrected chi connectivity index (χ2v) is 7.02. The zero-order valence-electron chi connectivity index (χ0n) is 14.5. The van der Waals surface area contributed by atoms with E-state index in [1.807, 2.05) is 18.5 Å². The van der Waals surface area contributed by atoms with Crippen molar-refractivity contribution in [2.75, 3.05) is 0 Å². The summed E-state index contributed by atoms with van der Waals surface area (Å²) >= 11 is 0. The summed E-state index contributed by atoms with van der Waals surface area (Å²) in [4.78, 5) is 9.20. The Kier molecular flexibility index (Phi) is 3.00. The first-order valence-electron chi connectivity index (χ1n) is 9.17. The van der Waals surface area contributed by atoms with Crippen LogP contribution in [0.3, 0.4) is 0 Å². The van der Waals surface area contributed by atoms with Crippen molar-refractivity contribution in [1.29, 1.82) is 0 Å². The SMILES string of the molecule is c1ccc(-c2cc3c(-c4nc(C5CC5)no4)ncn3c3ccccc23)cc1. The fourth-order valence-corrected chi connectivity index (χ4v) is 3.67. The normalized spacial score (nSPS) is 14.2. The van der Waals surface area contributed by atoms with Crippen LogP contribution in [-0.4, -0.2) is 19.5 Å². The summed E-state index contributed by atoms with van der Waals surface area (Å²) in [7, 11) is 0. The quantitative estimate of drug-likeness (QED) is 0.454. The van der Waals surface area contributed by atoms with Crippen LogP contribution in [0.5, 0.6) is 0 Å². The molecule has 0 N–H and O–H groups in total. The Morgan fingerprint density at radius 3 is 2.59 bits per heavy atom. The number of pyridine rings is 1. The van der Waals surface area contributed by atoms with E-state index < -0.39 is 0 Å². The minimum atomic E-state index is 0.456. The van der Waals surface area contributed by atoms with Crippen LogP contribution in [0.2, 0.25) is 0 Å². The molecule has 3 heterocycles. The molecule has 3 aromatic heterocycles. The molecule has 5 heteroatoms. The molecule has 27 heavy (non-hydrogen) atoms. The molecular weight excluding hydrogens is 336 g/mol. The highest BCUT2D eigenvalue weighted by atomic mass is 16.5. The van der Waals surface area contributed by atoms with Gasteiger partial charge in [-0.25, -0.2) is 4.98 Å². The molecule has 1 aliphatic rings. The number of fused-ring (bicyclic) bond motifs is 3. The van der Waals surface area contributed by atoms with Gasteiger partial charge in [-0.3, -0.25) is 4.40 Å². The Hall–Kier alpha value is -3.47. The number of imidazole rings is 1. The number of para-hydroxylation sites is 1. The van der Waals surface area contributed by atoms with Crippen molar-refractivity contribution in [2.45, 2.75) is 18.8 Å². The van der Waals surface area contributed by atoms with Gasteiger partial charge in [0.05, 0.1) is 11.0 Å². The molecule has 0 aliphatic heterocycles. The van der Waals surface area contributed by atoms with Gasteiger partial charge in [0.15, 0.2) is 11.5 Å². The summed E-state index contributed by atoms with van der Waals surface area (Å²) in [6.07, 6.45) is 4.13. The predicted octanol–water partition coefficient (Wildman–Crippen LogP) is 5.08. The minimum Gasteiger partial charge on any atom is -0.332 e. The maximum atomic E-state index is 5.54. The number of aromatic nitrogens is 4. The molecule has 5 aromatic rings. The summed E-state index contributed by atoms with van der Waals surface area (Å²) in [6.45, 7) is 0. The zero-order valence-corrected chi connectivity index (χ0v) is 14.5. The van der Waals surface area contributed by atoms with Crippen molar-refractivity contribution in [1.82, 2.24) is 19.5 Å². The van der Waals surface area contributed by atoms with Gasteiger partial charge in [0, 0.05) is 11.3 Å². The van der Waals surface area contributed by atoms with Crippen LogP contribution in [0.4, 0.5) is 0 Å². The maximum absolute atomic E-state index is 5.54. The molecule has 1 fully saturated rings. The minimum absolute atomic E-state index is 0.456. The van der Waals surface area contributed by atoms with Crippen LogP contribution in [0.1, 0.15) is 24.6 Å². The Morgan fingerprint density at radius 1 is 0.926 bits per heavy atom. The molecule has 0 amide bonds. The van der Waals surface area contributed by atoms with Gasteiger partial charge in [-0.2, -0.15) is 4.98 Å². The van der Waals surface area contributed by atoms with E-state index in [4.69, 9.17) is 4.52 Å². The lowest BCUT2D eigenvalue weighted by molar-refractivity contribution is 0.422. The molecule has 0 radical (unpaired) electrons. The van der Waals surface area contributed by atoms with E-state index in [2.05, 4.69) is 68.1 Å². The molecule has 5 nitrogen and oxygen atoms in total. The van der Waals surface area contributed by atoms with Gasteiger partial charge in [0.1, 0.15) is 6.33 Å². The Balaban J connectivity index is 1.64. The van der Waals surface area contributed by atoms with Gasteiger partial charge in [0.2, 0.25) is 0 Å². The molecule has 0 spiro atoms. The van der Waals surface area contributed by atoms with Crippen LogP contribution in [0, 0.1) is 0 Å². The molecule has 0 atom stereocenters. The molecule has 130 valence electrons. The summed E-state index contributed by atoms with van der Waals surface area (Å²) < 4.78 is 7.63. The van der Waals surface area contributed by atoms with Gasteiger partial charge in [-0.05, 0) is 36.1 Å². The number of hydrogen-bond acceptors (Lipinski definition) is 4. The van der Waals surface area contributed by atoms with Crippen molar-refractivity contribution < 1.29 is 4.52 Å².